The molecule has 0 radical (unpaired) electrons. The normalized spacial score (nSPS) is 11.3. The molecule has 8 heteroatoms. The lowest BCUT2D eigenvalue weighted by Gasteiger charge is -2.07. The summed E-state index contributed by atoms with van der Waals surface area (Å²) in [5, 5.41) is 13.1. The van der Waals surface area contributed by atoms with Gasteiger partial charge in [0.2, 0.25) is 0 Å². The van der Waals surface area contributed by atoms with Crippen LogP contribution in [-0.2, 0) is 10.0 Å². The lowest BCUT2D eigenvalue weighted by Crippen LogP contribution is -2.13. The second-order valence-corrected chi connectivity index (χ2v) is 6.27. The summed E-state index contributed by atoms with van der Waals surface area (Å²) in [6, 6.07) is 9.18. The zero-order valence-electron chi connectivity index (χ0n) is 11.4. The fraction of sp³-hybridized carbons (Fsp3) is 0.0714. The smallest absolute Gasteiger partial charge is 0.261 e. The Kier molecular flexibility index (Phi) is 3.27. The molecule has 1 N–H and O–H groups in total. The van der Waals surface area contributed by atoms with Crippen LogP contribution in [0.2, 0.25) is 0 Å². The summed E-state index contributed by atoms with van der Waals surface area (Å²) in [6.07, 6.45) is 1.36. The van der Waals surface area contributed by atoms with E-state index in [4.69, 9.17) is 9.78 Å². The van der Waals surface area contributed by atoms with Gasteiger partial charge in [0.05, 0.1) is 39.5 Å². The van der Waals surface area contributed by atoms with Crippen molar-refractivity contribution in [3.63, 3.8) is 0 Å². The van der Waals surface area contributed by atoms with E-state index < -0.39 is 10.0 Å². The molecule has 1 aromatic carbocycles. The molecule has 0 aliphatic rings. The van der Waals surface area contributed by atoms with Crippen molar-refractivity contribution in [2.45, 2.75) is 11.8 Å². The number of hydrogen-bond acceptors (Lipinski definition) is 6. The topological polar surface area (TPSA) is 109 Å². The van der Waals surface area contributed by atoms with E-state index in [1.54, 1.807) is 13.0 Å². The predicted octanol–water partition coefficient (Wildman–Crippen LogP) is 2.20. The minimum absolute atomic E-state index is 0.0636. The molecule has 22 heavy (non-hydrogen) atoms. The van der Waals surface area contributed by atoms with Gasteiger partial charge < -0.3 is 4.52 Å². The van der Waals surface area contributed by atoms with Crippen LogP contribution in [0.1, 0.15) is 11.3 Å². The molecule has 2 aromatic heterocycles. The van der Waals surface area contributed by atoms with E-state index in [1.807, 2.05) is 6.07 Å². The quantitative estimate of drug-likeness (QED) is 0.793. The highest BCUT2D eigenvalue weighted by Gasteiger charge is 2.15. The van der Waals surface area contributed by atoms with Gasteiger partial charge in [-0.1, -0.05) is 5.16 Å². The van der Waals surface area contributed by atoms with Crippen molar-refractivity contribution in [3.8, 4) is 6.07 Å². The number of rotatable bonds is 3. The third-order valence-electron chi connectivity index (χ3n) is 3.06. The van der Waals surface area contributed by atoms with E-state index in [0.29, 0.717) is 28.0 Å². The van der Waals surface area contributed by atoms with Gasteiger partial charge in [-0.2, -0.15) is 5.26 Å². The maximum atomic E-state index is 12.3. The van der Waals surface area contributed by atoms with Gasteiger partial charge >= 0.3 is 0 Å². The summed E-state index contributed by atoms with van der Waals surface area (Å²) >= 11 is 0. The number of pyridine rings is 1. The van der Waals surface area contributed by atoms with Crippen molar-refractivity contribution in [1.29, 1.82) is 5.26 Å². The van der Waals surface area contributed by atoms with Crippen LogP contribution in [0.4, 0.5) is 5.69 Å². The average Bonchev–Trinajstić information content (AvgIpc) is 2.88. The number of hydrogen-bond donors (Lipinski definition) is 1. The number of aromatic nitrogens is 2. The maximum absolute atomic E-state index is 12.3. The zero-order chi connectivity index (χ0) is 15.7. The highest BCUT2D eigenvalue weighted by molar-refractivity contribution is 7.92. The van der Waals surface area contributed by atoms with Crippen LogP contribution in [0, 0.1) is 18.3 Å². The lowest BCUT2D eigenvalue weighted by molar-refractivity contribution is 0.443. The molecule has 2 heterocycles. The molecule has 0 saturated carbocycles. The number of nitrogens with one attached hydrogen (secondary N) is 1. The minimum atomic E-state index is -3.75. The van der Waals surface area contributed by atoms with E-state index in [1.165, 1.54) is 30.5 Å². The Morgan fingerprint density at radius 2 is 2.00 bits per heavy atom. The van der Waals surface area contributed by atoms with Crippen molar-refractivity contribution >= 4 is 26.8 Å². The Balaban J connectivity index is 1.95. The SMILES string of the molecule is Cc1noc2ncc(NS(=O)(=O)c3ccc(C#N)cc3)cc12. The monoisotopic (exact) mass is 314 g/mol. The Morgan fingerprint density at radius 3 is 2.68 bits per heavy atom. The molecule has 0 aliphatic heterocycles. The van der Waals surface area contributed by atoms with Gasteiger partial charge in [0.1, 0.15) is 0 Å². The van der Waals surface area contributed by atoms with Crippen LogP contribution in [0.15, 0.2) is 45.9 Å². The van der Waals surface area contributed by atoms with E-state index >= 15 is 0 Å². The molecule has 0 spiro atoms. The summed E-state index contributed by atoms with van der Waals surface area (Å²) in [6.45, 7) is 1.74. The molecule has 0 amide bonds. The molecule has 0 unspecified atom stereocenters. The van der Waals surface area contributed by atoms with Crippen LogP contribution >= 0.6 is 0 Å². The molecule has 7 nitrogen and oxygen atoms in total. The number of fused-ring (bicyclic) bond motifs is 1. The standard InChI is InChI=1S/C14H10N4O3S/c1-9-13-6-11(8-16-14(13)21-17-9)18-22(19,20)12-4-2-10(7-15)3-5-12/h2-6,8,18H,1H3. The number of sulfonamides is 1. The van der Waals surface area contributed by atoms with Crippen LogP contribution in [-0.4, -0.2) is 18.6 Å². The largest absolute Gasteiger partial charge is 0.336 e. The number of benzene rings is 1. The van der Waals surface area contributed by atoms with Gasteiger partial charge in [-0.3, -0.25) is 4.72 Å². The van der Waals surface area contributed by atoms with Gasteiger partial charge in [0.25, 0.3) is 15.7 Å². The maximum Gasteiger partial charge on any atom is 0.261 e. The average molecular weight is 314 g/mol. The first-order valence-electron chi connectivity index (χ1n) is 6.24. The van der Waals surface area contributed by atoms with Crippen LogP contribution in [0.25, 0.3) is 11.1 Å². The molecule has 0 saturated heterocycles. The Labute approximate surface area is 126 Å². The summed E-state index contributed by atoms with van der Waals surface area (Å²) in [5.74, 6) is 0. The zero-order valence-corrected chi connectivity index (χ0v) is 12.3. The lowest BCUT2D eigenvalue weighted by atomic mass is 10.2. The van der Waals surface area contributed by atoms with Crippen molar-refractivity contribution < 1.29 is 12.9 Å². The van der Waals surface area contributed by atoms with E-state index in [-0.39, 0.29) is 4.90 Å². The molecule has 0 fully saturated rings. The van der Waals surface area contributed by atoms with Crippen molar-refractivity contribution in [2.24, 2.45) is 0 Å². The molecule has 110 valence electrons. The van der Waals surface area contributed by atoms with Crippen LogP contribution in [0.5, 0.6) is 0 Å². The van der Waals surface area contributed by atoms with Gasteiger partial charge in [0.15, 0.2) is 0 Å². The third kappa shape index (κ3) is 2.49. The second-order valence-electron chi connectivity index (χ2n) is 4.59. The number of aryl methyl sites for hydroxylation is 1. The van der Waals surface area contributed by atoms with Crippen LogP contribution in [0.3, 0.4) is 0 Å². The highest BCUT2D eigenvalue weighted by Crippen LogP contribution is 2.22. The van der Waals surface area contributed by atoms with Crippen molar-refractivity contribution in [3.05, 3.63) is 47.8 Å². The van der Waals surface area contributed by atoms with Crippen LogP contribution < -0.4 is 4.72 Å². The van der Waals surface area contributed by atoms with Gasteiger partial charge in [0, 0.05) is 0 Å². The Bertz CT molecular complexity index is 985. The summed E-state index contributed by atoms with van der Waals surface area (Å²) in [7, 11) is -3.75. The number of nitriles is 1. The molecule has 3 rings (SSSR count). The van der Waals surface area contributed by atoms with E-state index in [9.17, 15) is 8.42 Å². The van der Waals surface area contributed by atoms with E-state index in [0.717, 1.165) is 0 Å². The molecular formula is C14H10N4O3S. The molecule has 0 aliphatic carbocycles. The molecule has 0 bridgehead atoms. The second kappa shape index (κ2) is 5.13. The first kappa shape index (κ1) is 14.0. The van der Waals surface area contributed by atoms with Gasteiger partial charge in [-0.05, 0) is 37.3 Å². The Hall–Kier alpha value is -2.92. The summed E-state index contributed by atoms with van der Waals surface area (Å²) in [4.78, 5) is 4.07. The predicted molar refractivity (Wildman–Crippen MR) is 78.5 cm³/mol. The summed E-state index contributed by atoms with van der Waals surface area (Å²) < 4.78 is 32.0. The fourth-order valence-electron chi connectivity index (χ4n) is 1.92. The number of anilines is 1. The summed E-state index contributed by atoms with van der Waals surface area (Å²) in [5.41, 5.74) is 1.67. The van der Waals surface area contributed by atoms with Crippen molar-refractivity contribution in [2.75, 3.05) is 4.72 Å². The first-order chi connectivity index (χ1) is 10.5. The van der Waals surface area contributed by atoms with E-state index in [2.05, 4.69) is 14.9 Å². The highest BCUT2D eigenvalue weighted by atomic mass is 32.2. The van der Waals surface area contributed by atoms with Gasteiger partial charge in [-0.15, -0.1) is 0 Å². The molecule has 0 atom stereocenters. The molecule has 3 aromatic rings. The fourth-order valence-corrected chi connectivity index (χ4v) is 2.96. The minimum Gasteiger partial charge on any atom is -0.336 e. The number of nitrogens with zero attached hydrogens (tertiary/aromatic N) is 3. The van der Waals surface area contributed by atoms with Crippen molar-refractivity contribution in [1.82, 2.24) is 10.1 Å². The molecular weight excluding hydrogens is 304 g/mol. The first-order valence-corrected chi connectivity index (χ1v) is 7.73. The van der Waals surface area contributed by atoms with Gasteiger partial charge in [-0.25, -0.2) is 13.4 Å². The third-order valence-corrected chi connectivity index (χ3v) is 4.45. The Morgan fingerprint density at radius 1 is 1.27 bits per heavy atom.